The zero-order valence-electron chi connectivity index (χ0n) is 9.95. The number of sulfone groups is 1. The molecule has 1 unspecified atom stereocenters. The van der Waals surface area contributed by atoms with Crippen molar-refractivity contribution in [1.82, 2.24) is 5.32 Å². The smallest absolute Gasteiger partial charge is 0.150 e. The highest BCUT2D eigenvalue weighted by Gasteiger charge is 2.28. The van der Waals surface area contributed by atoms with Crippen molar-refractivity contribution < 1.29 is 8.42 Å². The van der Waals surface area contributed by atoms with Gasteiger partial charge >= 0.3 is 0 Å². The van der Waals surface area contributed by atoms with E-state index in [1.54, 1.807) is 0 Å². The van der Waals surface area contributed by atoms with E-state index in [2.05, 4.69) is 5.32 Å². The lowest BCUT2D eigenvalue weighted by Crippen LogP contribution is -2.33. The van der Waals surface area contributed by atoms with Gasteiger partial charge in [-0.3, -0.25) is 0 Å². The number of hydrogen-bond donors (Lipinski definition) is 1. The molecule has 0 bridgehead atoms. The normalized spacial score (nSPS) is 31.4. The Bertz CT molecular complexity index is 305. The van der Waals surface area contributed by atoms with Crippen LogP contribution in [-0.4, -0.2) is 32.5 Å². The van der Waals surface area contributed by atoms with Gasteiger partial charge in [-0.05, 0) is 31.7 Å². The number of rotatable bonds is 3. The summed E-state index contributed by atoms with van der Waals surface area (Å²) in [5, 5.41) is 3.58. The maximum Gasteiger partial charge on any atom is 0.150 e. The van der Waals surface area contributed by atoms with E-state index in [9.17, 15) is 8.42 Å². The summed E-state index contributed by atoms with van der Waals surface area (Å²) in [6.45, 7) is 0.907. The molecule has 0 amide bonds. The summed E-state index contributed by atoms with van der Waals surface area (Å²) < 4.78 is 22.6. The summed E-state index contributed by atoms with van der Waals surface area (Å²) in [4.78, 5) is 0. The molecule has 1 atom stereocenters. The molecule has 3 nitrogen and oxygen atoms in total. The molecule has 1 aliphatic carbocycles. The largest absolute Gasteiger partial charge is 0.314 e. The summed E-state index contributed by atoms with van der Waals surface area (Å²) in [6.07, 6.45) is 8.83. The molecule has 2 rings (SSSR count). The van der Waals surface area contributed by atoms with Crippen LogP contribution in [0, 0.1) is 5.92 Å². The van der Waals surface area contributed by atoms with E-state index in [1.165, 1.54) is 38.5 Å². The van der Waals surface area contributed by atoms with E-state index < -0.39 is 9.84 Å². The van der Waals surface area contributed by atoms with Crippen LogP contribution in [0.4, 0.5) is 0 Å². The second-order valence-electron chi connectivity index (χ2n) is 5.37. The Kier molecular flexibility index (Phi) is 4.25. The van der Waals surface area contributed by atoms with Crippen molar-refractivity contribution in [3.63, 3.8) is 0 Å². The number of nitrogens with one attached hydrogen (secondary N) is 1. The monoisotopic (exact) mass is 245 g/mol. The van der Waals surface area contributed by atoms with Crippen LogP contribution in [0.25, 0.3) is 0 Å². The minimum absolute atomic E-state index is 0.369. The van der Waals surface area contributed by atoms with Crippen molar-refractivity contribution in [2.24, 2.45) is 5.92 Å². The molecular weight excluding hydrogens is 222 g/mol. The molecule has 0 aromatic heterocycles. The van der Waals surface area contributed by atoms with E-state index >= 15 is 0 Å². The van der Waals surface area contributed by atoms with E-state index in [0.29, 0.717) is 23.5 Å². The molecule has 0 aromatic carbocycles. The average Bonchev–Trinajstić information content (AvgIpc) is 2.47. The van der Waals surface area contributed by atoms with Crippen LogP contribution in [0.2, 0.25) is 0 Å². The second-order valence-corrected chi connectivity index (χ2v) is 7.59. The fourth-order valence-electron chi connectivity index (χ4n) is 2.85. The highest BCUT2D eigenvalue weighted by atomic mass is 32.2. The SMILES string of the molecule is O=S1(=O)CCC(CNC2CCCCCC2)C1. The average molecular weight is 245 g/mol. The summed E-state index contributed by atoms with van der Waals surface area (Å²) in [5.41, 5.74) is 0. The molecular formula is C12H23NO2S. The molecule has 4 heteroatoms. The fraction of sp³-hybridized carbons (Fsp3) is 1.00. The van der Waals surface area contributed by atoms with E-state index in [-0.39, 0.29) is 0 Å². The first-order chi connectivity index (χ1) is 7.66. The van der Waals surface area contributed by atoms with Crippen molar-refractivity contribution in [3.8, 4) is 0 Å². The topological polar surface area (TPSA) is 46.2 Å². The lowest BCUT2D eigenvalue weighted by atomic mass is 10.1. The molecule has 1 saturated heterocycles. The Labute approximate surface area is 98.9 Å². The fourth-order valence-corrected chi connectivity index (χ4v) is 4.71. The standard InChI is InChI=1S/C12H23NO2S/c14-16(15)8-7-11(10-16)9-13-12-5-3-1-2-4-6-12/h11-13H,1-10H2. The first-order valence-corrected chi connectivity index (χ1v) is 8.42. The molecule has 0 radical (unpaired) electrons. The van der Waals surface area contributed by atoms with Crippen molar-refractivity contribution >= 4 is 9.84 Å². The minimum atomic E-state index is -2.70. The molecule has 16 heavy (non-hydrogen) atoms. The van der Waals surface area contributed by atoms with Crippen LogP contribution in [0.15, 0.2) is 0 Å². The molecule has 0 spiro atoms. The van der Waals surface area contributed by atoms with Gasteiger partial charge in [0.15, 0.2) is 9.84 Å². The van der Waals surface area contributed by atoms with Gasteiger partial charge in [-0.2, -0.15) is 0 Å². The minimum Gasteiger partial charge on any atom is -0.314 e. The second kappa shape index (κ2) is 5.50. The third kappa shape index (κ3) is 3.74. The van der Waals surface area contributed by atoms with E-state index in [1.807, 2.05) is 0 Å². The lowest BCUT2D eigenvalue weighted by Gasteiger charge is -2.18. The molecule has 2 fully saturated rings. The third-order valence-corrected chi connectivity index (χ3v) is 5.71. The van der Waals surface area contributed by atoms with Gasteiger partial charge in [0.1, 0.15) is 0 Å². The highest BCUT2D eigenvalue weighted by molar-refractivity contribution is 7.91. The van der Waals surface area contributed by atoms with E-state index in [4.69, 9.17) is 0 Å². The first kappa shape index (κ1) is 12.4. The van der Waals surface area contributed by atoms with Gasteiger partial charge in [-0.25, -0.2) is 8.42 Å². The Morgan fingerprint density at radius 3 is 2.25 bits per heavy atom. The molecule has 1 N–H and O–H groups in total. The van der Waals surface area contributed by atoms with Gasteiger partial charge in [0.2, 0.25) is 0 Å². The Morgan fingerprint density at radius 2 is 1.69 bits per heavy atom. The zero-order chi connectivity index (χ0) is 11.4. The molecule has 1 saturated carbocycles. The van der Waals surface area contributed by atoms with Crippen molar-refractivity contribution in [2.45, 2.75) is 51.0 Å². The maximum absolute atomic E-state index is 11.3. The van der Waals surface area contributed by atoms with Crippen molar-refractivity contribution in [2.75, 3.05) is 18.1 Å². The van der Waals surface area contributed by atoms with Gasteiger partial charge in [-0.15, -0.1) is 0 Å². The summed E-state index contributed by atoms with van der Waals surface area (Å²) in [7, 11) is -2.70. The Balaban J connectivity index is 1.71. The van der Waals surface area contributed by atoms with E-state index in [0.717, 1.165) is 13.0 Å². The molecule has 1 heterocycles. The molecule has 2 aliphatic rings. The molecule has 0 aromatic rings. The molecule has 94 valence electrons. The van der Waals surface area contributed by atoms with Crippen LogP contribution < -0.4 is 5.32 Å². The Morgan fingerprint density at radius 1 is 1.00 bits per heavy atom. The quantitative estimate of drug-likeness (QED) is 0.770. The summed E-state index contributed by atoms with van der Waals surface area (Å²) >= 11 is 0. The van der Waals surface area contributed by atoms with Gasteiger partial charge in [-0.1, -0.05) is 25.7 Å². The first-order valence-electron chi connectivity index (χ1n) is 6.59. The predicted molar refractivity (Wildman–Crippen MR) is 66.3 cm³/mol. The summed E-state index contributed by atoms with van der Waals surface area (Å²) in [6, 6.07) is 0.644. The van der Waals surface area contributed by atoms with Gasteiger partial charge in [0.25, 0.3) is 0 Å². The maximum atomic E-state index is 11.3. The lowest BCUT2D eigenvalue weighted by molar-refractivity contribution is 0.416. The van der Waals surface area contributed by atoms with Crippen LogP contribution >= 0.6 is 0 Å². The van der Waals surface area contributed by atoms with Crippen molar-refractivity contribution in [3.05, 3.63) is 0 Å². The zero-order valence-corrected chi connectivity index (χ0v) is 10.8. The van der Waals surface area contributed by atoms with Gasteiger partial charge < -0.3 is 5.32 Å². The van der Waals surface area contributed by atoms with Gasteiger partial charge in [0.05, 0.1) is 11.5 Å². The van der Waals surface area contributed by atoms with Crippen LogP contribution in [0.3, 0.4) is 0 Å². The number of hydrogen-bond acceptors (Lipinski definition) is 3. The van der Waals surface area contributed by atoms with Crippen LogP contribution in [0.5, 0.6) is 0 Å². The van der Waals surface area contributed by atoms with Gasteiger partial charge in [0, 0.05) is 6.04 Å². The molecule has 1 aliphatic heterocycles. The van der Waals surface area contributed by atoms with Crippen LogP contribution in [0.1, 0.15) is 44.9 Å². The Hall–Kier alpha value is -0.0900. The predicted octanol–water partition coefficient (Wildman–Crippen LogP) is 1.73. The third-order valence-electron chi connectivity index (χ3n) is 3.88. The highest BCUT2D eigenvalue weighted by Crippen LogP contribution is 2.20. The summed E-state index contributed by atoms with van der Waals surface area (Å²) in [5.74, 6) is 1.18. The van der Waals surface area contributed by atoms with Crippen molar-refractivity contribution in [1.29, 1.82) is 0 Å². The van der Waals surface area contributed by atoms with Crippen LogP contribution in [-0.2, 0) is 9.84 Å².